The lowest BCUT2D eigenvalue weighted by atomic mass is 10.3. The van der Waals surface area contributed by atoms with Gasteiger partial charge in [0.25, 0.3) is 0 Å². The second kappa shape index (κ2) is 7.35. The van der Waals surface area contributed by atoms with Crippen LogP contribution in [0.2, 0.25) is 0 Å². The van der Waals surface area contributed by atoms with Crippen LogP contribution in [0.3, 0.4) is 0 Å². The minimum atomic E-state index is -0.287. The summed E-state index contributed by atoms with van der Waals surface area (Å²) in [5, 5.41) is 3.14. The molecule has 0 unspecified atom stereocenters. The van der Waals surface area contributed by atoms with E-state index in [1.54, 1.807) is 11.3 Å². The quantitative estimate of drug-likeness (QED) is 0.589. The van der Waals surface area contributed by atoms with Crippen LogP contribution in [0.15, 0.2) is 12.1 Å². The maximum Gasteiger partial charge on any atom is 0.310 e. The third-order valence-corrected chi connectivity index (χ3v) is 3.14. The molecule has 0 aliphatic carbocycles. The topological polar surface area (TPSA) is 38.3 Å². The van der Waals surface area contributed by atoms with Gasteiger partial charge in [-0.15, -0.1) is 11.3 Å². The van der Waals surface area contributed by atoms with E-state index in [4.69, 9.17) is 0 Å². The first-order valence-corrected chi connectivity index (χ1v) is 5.99. The molecule has 1 heterocycles. The fourth-order valence-corrected chi connectivity index (χ4v) is 2.20. The Morgan fingerprint density at radius 1 is 1.50 bits per heavy atom. The van der Waals surface area contributed by atoms with Gasteiger partial charge in [-0.25, -0.2) is 0 Å². The number of hydrogen-bond acceptors (Lipinski definition) is 4. The van der Waals surface area contributed by atoms with Crippen molar-refractivity contribution in [3.63, 3.8) is 0 Å². The lowest BCUT2D eigenvalue weighted by molar-refractivity contribution is -0.139. The van der Waals surface area contributed by atoms with E-state index >= 15 is 0 Å². The molecule has 0 saturated heterocycles. The van der Waals surface area contributed by atoms with Gasteiger partial charge in [0.15, 0.2) is 0 Å². The van der Waals surface area contributed by atoms with Crippen LogP contribution in [0.25, 0.3) is 0 Å². The number of esters is 1. The van der Waals surface area contributed by atoms with Gasteiger partial charge in [-0.2, -0.15) is 0 Å². The molecule has 0 aliphatic heterocycles. The molecule has 0 saturated carbocycles. The average Bonchev–Trinajstić information content (AvgIpc) is 2.72. The number of alkyl halides is 1. The summed E-state index contributed by atoms with van der Waals surface area (Å²) in [6.45, 7) is 1.12. The van der Waals surface area contributed by atoms with E-state index < -0.39 is 0 Å². The van der Waals surface area contributed by atoms with Crippen molar-refractivity contribution in [2.45, 2.75) is 19.4 Å². The Bertz CT molecular complexity index is 328. The van der Waals surface area contributed by atoms with Crippen LogP contribution >= 0.6 is 11.3 Å². The fraction of sp³-hybridized carbons (Fsp3) is 0.545. The van der Waals surface area contributed by atoms with Crippen molar-refractivity contribution in [2.24, 2.45) is 0 Å². The highest BCUT2D eigenvalue weighted by molar-refractivity contribution is 7.12. The highest BCUT2D eigenvalue weighted by Gasteiger charge is 2.05. The fourth-order valence-electron chi connectivity index (χ4n) is 1.23. The largest absolute Gasteiger partial charge is 0.469 e. The Morgan fingerprint density at radius 2 is 2.25 bits per heavy atom. The van der Waals surface area contributed by atoms with E-state index in [-0.39, 0.29) is 12.6 Å². The summed E-state index contributed by atoms with van der Waals surface area (Å²) in [5.74, 6) is -0.223. The SMILES string of the molecule is COC(=O)Cc1ccc(CNCCCF)s1. The first-order valence-electron chi connectivity index (χ1n) is 5.17. The third-order valence-electron chi connectivity index (χ3n) is 2.05. The lowest BCUT2D eigenvalue weighted by Crippen LogP contribution is -2.14. The van der Waals surface area contributed by atoms with Crippen LogP contribution in [-0.4, -0.2) is 26.3 Å². The summed E-state index contributed by atoms with van der Waals surface area (Å²) in [6, 6.07) is 3.90. The van der Waals surface area contributed by atoms with E-state index in [1.807, 2.05) is 12.1 Å². The van der Waals surface area contributed by atoms with Gasteiger partial charge in [0, 0.05) is 16.3 Å². The monoisotopic (exact) mass is 245 g/mol. The molecule has 0 amide bonds. The molecule has 1 aromatic rings. The lowest BCUT2D eigenvalue weighted by Gasteiger charge is -1.99. The molecular formula is C11H16FNO2S. The number of carbonyl (C=O) groups is 1. The van der Waals surface area contributed by atoms with E-state index in [1.165, 1.54) is 7.11 Å². The van der Waals surface area contributed by atoms with Gasteiger partial charge in [-0.05, 0) is 25.1 Å². The third kappa shape index (κ3) is 4.72. The second-order valence-corrected chi connectivity index (χ2v) is 4.59. The van der Waals surface area contributed by atoms with Crippen molar-refractivity contribution >= 4 is 17.3 Å². The summed E-state index contributed by atoms with van der Waals surface area (Å²) in [6.07, 6.45) is 0.867. The number of halogens is 1. The highest BCUT2D eigenvalue weighted by atomic mass is 32.1. The normalized spacial score (nSPS) is 10.4. The predicted molar refractivity (Wildman–Crippen MR) is 62.3 cm³/mol. The number of thiophene rings is 1. The van der Waals surface area contributed by atoms with Crippen molar-refractivity contribution in [3.8, 4) is 0 Å². The number of hydrogen-bond donors (Lipinski definition) is 1. The van der Waals surface area contributed by atoms with Gasteiger partial charge in [0.1, 0.15) is 0 Å². The molecule has 0 aromatic carbocycles. The predicted octanol–water partition coefficient (Wildman–Crippen LogP) is 1.91. The molecule has 1 aromatic heterocycles. The number of ether oxygens (including phenoxy) is 1. The highest BCUT2D eigenvalue weighted by Crippen LogP contribution is 2.17. The van der Waals surface area contributed by atoms with Gasteiger partial charge in [0.2, 0.25) is 0 Å². The number of rotatable bonds is 7. The molecular weight excluding hydrogens is 229 g/mol. The summed E-state index contributed by atoms with van der Waals surface area (Å²) in [4.78, 5) is 13.2. The second-order valence-electron chi connectivity index (χ2n) is 3.34. The number of carbonyl (C=O) groups excluding carboxylic acids is 1. The van der Waals surface area contributed by atoms with E-state index in [0.717, 1.165) is 16.3 Å². The molecule has 5 heteroatoms. The van der Waals surface area contributed by atoms with Crippen LogP contribution in [0.5, 0.6) is 0 Å². The Hall–Kier alpha value is -0.940. The van der Waals surface area contributed by atoms with Crippen molar-refractivity contribution in [3.05, 3.63) is 21.9 Å². The van der Waals surface area contributed by atoms with Crippen molar-refractivity contribution in [1.82, 2.24) is 5.32 Å². The maximum absolute atomic E-state index is 11.8. The van der Waals surface area contributed by atoms with E-state index in [2.05, 4.69) is 10.1 Å². The molecule has 90 valence electrons. The van der Waals surface area contributed by atoms with Crippen LogP contribution in [0.1, 0.15) is 16.2 Å². The molecule has 0 radical (unpaired) electrons. The molecule has 16 heavy (non-hydrogen) atoms. The maximum atomic E-state index is 11.8. The van der Waals surface area contributed by atoms with Gasteiger partial charge in [-0.1, -0.05) is 0 Å². The van der Waals surface area contributed by atoms with Crippen LogP contribution in [0, 0.1) is 0 Å². The van der Waals surface area contributed by atoms with Gasteiger partial charge < -0.3 is 10.1 Å². The molecule has 0 bridgehead atoms. The zero-order chi connectivity index (χ0) is 11.8. The molecule has 1 rings (SSSR count). The Kier molecular flexibility index (Phi) is 6.03. The van der Waals surface area contributed by atoms with Gasteiger partial charge in [0.05, 0.1) is 20.2 Å². The molecule has 0 spiro atoms. The number of methoxy groups -OCH3 is 1. The van der Waals surface area contributed by atoms with Crippen LogP contribution < -0.4 is 5.32 Å². The van der Waals surface area contributed by atoms with E-state index in [9.17, 15) is 9.18 Å². The van der Waals surface area contributed by atoms with Crippen molar-refractivity contribution in [1.29, 1.82) is 0 Å². The van der Waals surface area contributed by atoms with Crippen molar-refractivity contribution in [2.75, 3.05) is 20.3 Å². The summed E-state index contributed by atoms with van der Waals surface area (Å²) < 4.78 is 16.4. The summed E-state index contributed by atoms with van der Waals surface area (Å²) >= 11 is 1.58. The van der Waals surface area contributed by atoms with Gasteiger partial charge >= 0.3 is 5.97 Å². The number of nitrogens with one attached hydrogen (secondary N) is 1. The van der Waals surface area contributed by atoms with Crippen LogP contribution in [-0.2, 0) is 22.5 Å². The molecule has 0 atom stereocenters. The minimum absolute atomic E-state index is 0.223. The van der Waals surface area contributed by atoms with Crippen LogP contribution in [0.4, 0.5) is 4.39 Å². The molecule has 0 aliphatic rings. The zero-order valence-corrected chi connectivity index (χ0v) is 10.1. The van der Waals surface area contributed by atoms with E-state index in [0.29, 0.717) is 19.4 Å². The molecule has 3 nitrogen and oxygen atoms in total. The molecule has 1 N–H and O–H groups in total. The Morgan fingerprint density at radius 3 is 2.94 bits per heavy atom. The molecule has 0 fully saturated rings. The van der Waals surface area contributed by atoms with Crippen molar-refractivity contribution < 1.29 is 13.9 Å². The standard InChI is InChI=1S/C11H16FNO2S/c1-15-11(14)7-9-3-4-10(16-9)8-13-6-2-5-12/h3-4,13H,2,5-8H2,1H3. The summed E-state index contributed by atoms with van der Waals surface area (Å²) in [7, 11) is 1.38. The smallest absolute Gasteiger partial charge is 0.310 e. The van der Waals surface area contributed by atoms with Gasteiger partial charge in [-0.3, -0.25) is 9.18 Å². The average molecular weight is 245 g/mol. The Balaban J connectivity index is 2.30. The zero-order valence-electron chi connectivity index (χ0n) is 9.29. The first-order chi connectivity index (χ1) is 7.76. The first kappa shape index (κ1) is 13.1. The summed E-state index contributed by atoms with van der Waals surface area (Å²) in [5.41, 5.74) is 0. The Labute approximate surface area is 98.6 Å². The minimum Gasteiger partial charge on any atom is -0.469 e.